The number of carbonyl (C=O) groups excluding carboxylic acids is 1. The van der Waals surface area contributed by atoms with Crippen LogP contribution in [0.3, 0.4) is 0 Å². The van der Waals surface area contributed by atoms with Gasteiger partial charge in [-0.05, 0) is 42.4 Å². The first-order valence-electron chi connectivity index (χ1n) is 8.38. The molecule has 0 aromatic heterocycles. The highest BCUT2D eigenvalue weighted by molar-refractivity contribution is 5.86. The molecule has 0 heterocycles. The maximum absolute atomic E-state index is 11.9. The number of carbonyl (C=O) groups is 2. The molecule has 23 heavy (non-hydrogen) atoms. The van der Waals surface area contributed by atoms with Crippen molar-refractivity contribution >= 4 is 11.9 Å². The Hall–Kier alpha value is -1.14. The molecular formula is C17H32N2O4. The predicted octanol–water partition coefficient (Wildman–Crippen LogP) is 1.51. The molecule has 1 fully saturated rings. The first-order chi connectivity index (χ1) is 10.5. The summed E-state index contributed by atoms with van der Waals surface area (Å²) < 4.78 is 0. The fraction of sp³-hybridized carbons (Fsp3) is 0.882. The number of carboxylic acid groups (broad SMARTS) is 1. The van der Waals surface area contributed by atoms with Crippen molar-refractivity contribution in [1.29, 1.82) is 0 Å². The monoisotopic (exact) mass is 328 g/mol. The van der Waals surface area contributed by atoms with Gasteiger partial charge in [-0.1, -0.05) is 27.7 Å². The fourth-order valence-electron chi connectivity index (χ4n) is 4.00. The van der Waals surface area contributed by atoms with E-state index in [4.69, 9.17) is 10.8 Å². The fourth-order valence-corrected chi connectivity index (χ4v) is 4.00. The van der Waals surface area contributed by atoms with Crippen LogP contribution >= 0.6 is 0 Å². The Balaban J connectivity index is 2.57. The summed E-state index contributed by atoms with van der Waals surface area (Å²) >= 11 is 0. The van der Waals surface area contributed by atoms with Crippen molar-refractivity contribution in [3.63, 3.8) is 0 Å². The molecule has 0 aliphatic heterocycles. The lowest BCUT2D eigenvalue weighted by molar-refractivity contribution is -0.139. The van der Waals surface area contributed by atoms with Gasteiger partial charge in [-0.3, -0.25) is 9.59 Å². The summed E-state index contributed by atoms with van der Waals surface area (Å²) in [7, 11) is 0. The summed E-state index contributed by atoms with van der Waals surface area (Å²) in [4.78, 5) is 22.5. The standard InChI is InChI=1S/C17H32N2O4/c1-16(2)7-8-17(3,4)13(16)6-5-11(10-20)19-15(23)12(18)9-14(21)22/h11-13,20H,5-10,18H2,1-4H3,(H,19,23)(H,21,22)/t11?,12-/m0/s1. The van der Waals surface area contributed by atoms with E-state index < -0.39 is 24.3 Å². The Morgan fingerprint density at radius 1 is 1.22 bits per heavy atom. The maximum atomic E-state index is 11.9. The van der Waals surface area contributed by atoms with Gasteiger partial charge < -0.3 is 21.3 Å². The highest BCUT2D eigenvalue weighted by Gasteiger charge is 2.46. The topological polar surface area (TPSA) is 113 Å². The number of amides is 1. The van der Waals surface area contributed by atoms with Crippen LogP contribution in [0.5, 0.6) is 0 Å². The van der Waals surface area contributed by atoms with E-state index in [0.29, 0.717) is 12.3 Å². The molecule has 6 heteroatoms. The second kappa shape index (κ2) is 7.62. The molecule has 2 atom stereocenters. The predicted molar refractivity (Wildman–Crippen MR) is 88.8 cm³/mol. The summed E-state index contributed by atoms with van der Waals surface area (Å²) in [6.45, 7) is 8.95. The number of rotatable bonds is 8. The summed E-state index contributed by atoms with van der Waals surface area (Å²) in [5, 5.41) is 20.9. The van der Waals surface area contributed by atoms with Crippen LogP contribution in [0.25, 0.3) is 0 Å². The van der Waals surface area contributed by atoms with Crippen molar-refractivity contribution in [2.24, 2.45) is 22.5 Å². The van der Waals surface area contributed by atoms with Crippen molar-refractivity contribution < 1.29 is 19.8 Å². The lowest BCUT2D eigenvalue weighted by atomic mass is 9.70. The molecule has 0 aromatic carbocycles. The SMILES string of the molecule is CC1(C)CCC(C)(C)C1CCC(CO)NC(=O)[C@@H](N)CC(=O)O. The number of aliphatic hydroxyl groups is 1. The van der Waals surface area contributed by atoms with Crippen LogP contribution < -0.4 is 11.1 Å². The number of carboxylic acids is 1. The van der Waals surface area contributed by atoms with E-state index in [2.05, 4.69) is 33.0 Å². The number of nitrogens with one attached hydrogen (secondary N) is 1. The van der Waals surface area contributed by atoms with Gasteiger partial charge in [0.05, 0.1) is 25.1 Å². The third-order valence-corrected chi connectivity index (χ3v) is 5.40. The van der Waals surface area contributed by atoms with E-state index in [-0.39, 0.29) is 23.5 Å². The molecule has 1 rings (SSSR count). The normalized spacial score (nSPS) is 22.5. The van der Waals surface area contributed by atoms with Crippen LogP contribution in [0.2, 0.25) is 0 Å². The van der Waals surface area contributed by atoms with Gasteiger partial charge >= 0.3 is 5.97 Å². The van der Waals surface area contributed by atoms with Gasteiger partial charge in [0.1, 0.15) is 0 Å². The average molecular weight is 328 g/mol. The average Bonchev–Trinajstić information content (AvgIpc) is 2.63. The van der Waals surface area contributed by atoms with Crippen molar-refractivity contribution in [3.05, 3.63) is 0 Å². The van der Waals surface area contributed by atoms with E-state index >= 15 is 0 Å². The number of nitrogens with two attached hydrogens (primary N) is 1. The molecule has 0 spiro atoms. The maximum Gasteiger partial charge on any atom is 0.305 e. The van der Waals surface area contributed by atoms with Crippen molar-refractivity contribution in [2.75, 3.05) is 6.61 Å². The second-order valence-electron chi connectivity index (χ2n) is 8.20. The van der Waals surface area contributed by atoms with Gasteiger partial charge in [0.25, 0.3) is 0 Å². The Bertz CT molecular complexity index is 418. The number of aliphatic hydroxyl groups excluding tert-OH is 1. The lowest BCUT2D eigenvalue weighted by Gasteiger charge is -2.36. The van der Waals surface area contributed by atoms with Crippen LogP contribution in [0.4, 0.5) is 0 Å². The number of aliphatic carboxylic acids is 1. The van der Waals surface area contributed by atoms with Gasteiger partial charge in [0, 0.05) is 0 Å². The number of hydrogen-bond acceptors (Lipinski definition) is 4. The zero-order valence-electron chi connectivity index (χ0n) is 14.8. The van der Waals surface area contributed by atoms with Gasteiger partial charge in [-0.15, -0.1) is 0 Å². The molecule has 1 aliphatic carbocycles. The van der Waals surface area contributed by atoms with Crippen LogP contribution in [0, 0.1) is 16.7 Å². The minimum Gasteiger partial charge on any atom is -0.481 e. The largest absolute Gasteiger partial charge is 0.481 e. The minimum absolute atomic E-state index is 0.168. The molecule has 134 valence electrons. The summed E-state index contributed by atoms with van der Waals surface area (Å²) in [6.07, 6.45) is 3.54. The lowest BCUT2D eigenvalue weighted by Crippen LogP contribution is -2.47. The highest BCUT2D eigenvalue weighted by atomic mass is 16.4. The van der Waals surface area contributed by atoms with Gasteiger partial charge in [0.15, 0.2) is 0 Å². The Kier molecular flexibility index (Phi) is 6.59. The molecule has 6 nitrogen and oxygen atoms in total. The third-order valence-electron chi connectivity index (χ3n) is 5.40. The van der Waals surface area contributed by atoms with Gasteiger partial charge in [-0.25, -0.2) is 0 Å². The molecule has 1 amide bonds. The molecule has 1 aliphatic rings. The zero-order valence-corrected chi connectivity index (χ0v) is 14.8. The minimum atomic E-state index is -1.11. The van der Waals surface area contributed by atoms with Crippen molar-refractivity contribution in [3.8, 4) is 0 Å². The van der Waals surface area contributed by atoms with Crippen LogP contribution in [0.1, 0.15) is 59.8 Å². The highest BCUT2D eigenvalue weighted by Crippen LogP contribution is 2.55. The molecular weight excluding hydrogens is 296 g/mol. The summed E-state index contributed by atoms with van der Waals surface area (Å²) in [5.41, 5.74) is 6.07. The molecule has 1 saturated carbocycles. The van der Waals surface area contributed by atoms with Crippen molar-refractivity contribution in [1.82, 2.24) is 5.32 Å². The molecule has 1 unspecified atom stereocenters. The van der Waals surface area contributed by atoms with Crippen LogP contribution in [-0.2, 0) is 9.59 Å². The molecule has 0 aromatic rings. The van der Waals surface area contributed by atoms with E-state index in [0.717, 1.165) is 6.42 Å². The van der Waals surface area contributed by atoms with E-state index in [1.165, 1.54) is 12.8 Å². The quantitative estimate of drug-likeness (QED) is 0.539. The van der Waals surface area contributed by atoms with Crippen LogP contribution in [-0.4, -0.2) is 40.8 Å². The first-order valence-corrected chi connectivity index (χ1v) is 8.38. The molecule has 5 N–H and O–H groups in total. The summed E-state index contributed by atoms with van der Waals surface area (Å²) in [6, 6.07) is -1.46. The van der Waals surface area contributed by atoms with E-state index in [9.17, 15) is 14.7 Å². The van der Waals surface area contributed by atoms with Crippen LogP contribution in [0.15, 0.2) is 0 Å². The second-order valence-corrected chi connectivity index (χ2v) is 8.20. The van der Waals surface area contributed by atoms with Gasteiger partial charge in [0.2, 0.25) is 5.91 Å². The zero-order chi connectivity index (χ0) is 17.8. The van der Waals surface area contributed by atoms with E-state index in [1.54, 1.807) is 0 Å². The molecule has 0 bridgehead atoms. The Morgan fingerprint density at radius 2 is 1.74 bits per heavy atom. The third kappa shape index (κ3) is 5.46. The number of hydrogen-bond donors (Lipinski definition) is 4. The van der Waals surface area contributed by atoms with Gasteiger partial charge in [-0.2, -0.15) is 0 Å². The molecule has 0 radical (unpaired) electrons. The van der Waals surface area contributed by atoms with Crippen molar-refractivity contribution in [2.45, 2.75) is 71.9 Å². The summed E-state index contributed by atoms with van der Waals surface area (Å²) in [5.74, 6) is -1.10. The molecule has 0 saturated heterocycles. The van der Waals surface area contributed by atoms with E-state index in [1.807, 2.05) is 0 Å². The first kappa shape index (κ1) is 19.9. The smallest absolute Gasteiger partial charge is 0.305 e. The Morgan fingerprint density at radius 3 is 2.17 bits per heavy atom. The Labute approximate surface area is 138 Å².